The Bertz CT molecular complexity index is 460. The lowest BCUT2D eigenvalue weighted by Gasteiger charge is -2.12. The fourth-order valence-corrected chi connectivity index (χ4v) is 2.16. The number of rotatable bonds is 2. The standard InChI is InChI=1S/C14H15NO/c1-2-4-12(5-3-1)16-13-6-7-14-11(10-13)8-9-15-14/h1-2,4,6-7,10,15H,3,5,8-9H2. The van der Waals surface area contributed by atoms with Crippen LogP contribution in [0, 0.1) is 0 Å². The molecule has 1 aliphatic carbocycles. The monoisotopic (exact) mass is 213 g/mol. The normalized spacial score (nSPS) is 17.6. The highest BCUT2D eigenvalue weighted by Gasteiger charge is 2.11. The molecule has 1 heterocycles. The van der Waals surface area contributed by atoms with E-state index in [0.29, 0.717) is 0 Å². The van der Waals surface area contributed by atoms with Crippen LogP contribution in [-0.4, -0.2) is 6.54 Å². The largest absolute Gasteiger partial charge is 0.462 e. The van der Waals surface area contributed by atoms with Crippen molar-refractivity contribution in [2.75, 3.05) is 11.9 Å². The molecule has 2 heteroatoms. The first-order valence-electron chi connectivity index (χ1n) is 5.82. The van der Waals surface area contributed by atoms with Gasteiger partial charge in [0, 0.05) is 18.7 Å². The molecule has 2 aliphatic rings. The number of allylic oxidation sites excluding steroid dienone is 4. The van der Waals surface area contributed by atoms with Crippen LogP contribution in [0.25, 0.3) is 0 Å². The molecule has 2 nitrogen and oxygen atoms in total. The minimum absolute atomic E-state index is 0.962. The second kappa shape index (κ2) is 4.05. The fraction of sp³-hybridized carbons (Fsp3) is 0.286. The van der Waals surface area contributed by atoms with Gasteiger partial charge in [0.15, 0.2) is 0 Å². The van der Waals surface area contributed by atoms with Gasteiger partial charge in [-0.1, -0.05) is 12.2 Å². The minimum atomic E-state index is 0.962. The SMILES string of the molecule is C1=CCCC(Oc2ccc3c(c2)CCN3)=C1. The molecular formula is C14H15NO. The Morgan fingerprint density at radius 2 is 2.19 bits per heavy atom. The molecule has 0 unspecified atom stereocenters. The lowest BCUT2D eigenvalue weighted by Crippen LogP contribution is -1.97. The molecule has 1 aliphatic heterocycles. The predicted octanol–water partition coefficient (Wildman–Crippen LogP) is 3.27. The molecule has 0 aromatic heterocycles. The van der Waals surface area contributed by atoms with Crippen molar-refractivity contribution in [2.45, 2.75) is 19.3 Å². The molecule has 16 heavy (non-hydrogen) atoms. The maximum Gasteiger partial charge on any atom is 0.127 e. The van der Waals surface area contributed by atoms with E-state index >= 15 is 0 Å². The number of benzene rings is 1. The summed E-state index contributed by atoms with van der Waals surface area (Å²) in [7, 11) is 0. The van der Waals surface area contributed by atoms with Crippen molar-refractivity contribution in [1.29, 1.82) is 0 Å². The Labute approximate surface area is 95.6 Å². The van der Waals surface area contributed by atoms with Crippen LogP contribution in [0.5, 0.6) is 5.75 Å². The van der Waals surface area contributed by atoms with E-state index in [0.717, 1.165) is 37.3 Å². The summed E-state index contributed by atoms with van der Waals surface area (Å²) in [5.74, 6) is 2.03. The van der Waals surface area contributed by atoms with E-state index in [1.807, 2.05) is 6.07 Å². The smallest absolute Gasteiger partial charge is 0.127 e. The van der Waals surface area contributed by atoms with Gasteiger partial charge in [-0.25, -0.2) is 0 Å². The molecule has 0 saturated heterocycles. The van der Waals surface area contributed by atoms with Crippen LogP contribution in [0.2, 0.25) is 0 Å². The molecule has 0 fully saturated rings. The lowest BCUT2D eigenvalue weighted by atomic mass is 10.1. The third-order valence-electron chi connectivity index (χ3n) is 3.01. The zero-order valence-electron chi connectivity index (χ0n) is 9.20. The highest BCUT2D eigenvalue weighted by atomic mass is 16.5. The highest BCUT2D eigenvalue weighted by Crippen LogP contribution is 2.28. The summed E-state index contributed by atoms with van der Waals surface area (Å²) in [4.78, 5) is 0. The third-order valence-corrected chi connectivity index (χ3v) is 3.01. The van der Waals surface area contributed by atoms with Gasteiger partial charge < -0.3 is 10.1 Å². The zero-order chi connectivity index (χ0) is 10.8. The Balaban J connectivity index is 1.80. The summed E-state index contributed by atoms with van der Waals surface area (Å²) in [6.07, 6.45) is 9.47. The number of hydrogen-bond acceptors (Lipinski definition) is 2. The van der Waals surface area contributed by atoms with Gasteiger partial charge in [0.05, 0.1) is 0 Å². The molecule has 0 amide bonds. The van der Waals surface area contributed by atoms with Gasteiger partial charge in [-0.2, -0.15) is 0 Å². The molecule has 3 rings (SSSR count). The Morgan fingerprint density at radius 3 is 3.06 bits per heavy atom. The van der Waals surface area contributed by atoms with Gasteiger partial charge in [-0.05, 0) is 42.7 Å². The zero-order valence-corrected chi connectivity index (χ0v) is 9.20. The van der Waals surface area contributed by atoms with Crippen LogP contribution >= 0.6 is 0 Å². The summed E-state index contributed by atoms with van der Waals surface area (Å²) < 4.78 is 5.86. The summed E-state index contributed by atoms with van der Waals surface area (Å²) in [6.45, 7) is 1.05. The Hall–Kier alpha value is -1.70. The maximum absolute atomic E-state index is 5.86. The van der Waals surface area contributed by atoms with E-state index in [-0.39, 0.29) is 0 Å². The molecule has 0 saturated carbocycles. The fourth-order valence-electron chi connectivity index (χ4n) is 2.16. The quantitative estimate of drug-likeness (QED) is 0.814. The first kappa shape index (κ1) is 9.52. The Kier molecular flexibility index (Phi) is 2.41. The van der Waals surface area contributed by atoms with Crippen LogP contribution in [0.15, 0.2) is 42.2 Å². The summed E-state index contributed by atoms with van der Waals surface area (Å²) >= 11 is 0. The van der Waals surface area contributed by atoms with Gasteiger partial charge in [0.1, 0.15) is 11.5 Å². The summed E-state index contributed by atoms with van der Waals surface area (Å²) in [5.41, 5.74) is 2.62. The number of fused-ring (bicyclic) bond motifs is 1. The maximum atomic E-state index is 5.86. The third kappa shape index (κ3) is 1.83. The minimum Gasteiger partial charge on any atom is -0.462 e. The van der Waals surface area contributed by atoms with Crippen molar-refractivity contribution >= 4 is 5.69 Å². The van der Waals surface area contributed by atoms with Gasteiger partial charge in [-0.15, -0.1) is 0 Å². The molecule has 0 bridgehead atoms. The van der Waals surface area contributed by atoms with Crippen molar-refractivity contribution in [1.82, 2.24) is 0 Å². The molecule has 0 spiro atoms. The van der Waals surface area contributed by atoms with Crippen LogP contribution in [0.3, 0.4) is 0 Å². The molecule has 82 valence electrons. The van der Waals surface area contributed by atoms with E-state index < -0.39 is 0 Å². The van der Waals surface area contributed by atoms with Crippen molar-refractivity contribution in [3.8, 4) is 5.75 Å². The van der Waals surface area contributed by atoms with E-state index in [1.165, 1.54) is 11.3 Å². The van der Waals surface area contributed by atoms with Gasteiger partial charge >= 0.3 is 0 Å². The highest BCUT2D eigenvalue weighted by molar-refractivity contribution is 5.57. The lowest BCUT2D eigenvalue weighted by molar-refractivity contribution is 0.402. The molecule has 1 N–H and O–H groups in total. The molecule has 1 aromatic rings. The van der Waals surface area contributed by atoms with E-state index in [2.05, 4.69) is 35.7 Å². The van der Waals surface area contributed by atoms with E-state index in [1.54, 1.807) is 0 Å². The van der Waals surface area contributed by atoms with E-state index in [9.17, 15) is 0 Å². The van der Waals surface area contributed by atoms with Crippen LogP contribution in [-0.2, 0) is 6.42 Å². The second-order valence-electron chi connectivity index (χ2n) is 4.20. The second-order valence-corrected chi connectivity index (χ2v) is 4.20. The number of hydrogen-bond donors (Lipinski definition) is 1. The molecule has 0 atom stereocenters. The number of ether oxygens (including phenoxy) is 1. The molecule has 1 aromatic carbocycles. The van der Waals surface area contributed by atoms with E-state index in [4.69, 9.17) is 4.74 Å². The first-order chi connectivity index (χ1) is 7.92. The average molecular weight is 213 g/mol. The van der Waals surface area contributed by atoms with Crippen LogP contribution < -0.4 is 10.1 Å². The average Bonchev–Trinajstić information content (AvgIpc) is 2.77. The van der Waals surface area contributed by atoms with Crippen LogP contribution in [0.1, 0.15) is 18.4 Å². The topological polar surface area (TPSA) is 21.3 Å². The molecule has 0 radical (unpaired) electrons. The van der Waals surface area contributed by atoms with Gasteiger partial charge in [-0.3, -0.25) is 0 Å². The van der Waals surface area contributed by atoms with Crippen molar-refractivity contribution in [3.05, 3.63) is 47.7 Å². The van der Waals surface area contributed by atoms with Crippen molar-refractivity contribution < 1.29 is 4.74 Å². The predicted molar refractivity (Wildman–Crippen MR) is 65.7 cm³/mol. The molecular weight excluding hydrogens is 198 g/mol. The van der Waals surface area contributed by atoms with Crippen LogP contribution in [0.4, 0.5) is 5.69 Å². The Morgan fingerprint density at radius 1 is 1.19 bits per heavy atom. The number of nitrogens with one attached hydrogen (secondary N) is 1. The van der Waals surface area contributed by atoms with Gasteiger partial charge in [0.2, 0.25) is 0 Å². The summed E-state index contributed by atoms with van der Waals surface area (Å²) in [6, 6.07) is 6.29. The first-order valence-corrected chi connectivity index (χ1v) is 5.82. The summed E-state index contributed by atoms with van der Waals surface area (Å²) in [5, 5.41) is 3.35. The van der Waals surface area contributed by atoms with Crippen molar-refractivity contribution in [2.24, 2.45) is 0 Å². The number of anilines is 1. The van der Waals surface area contributed by atoms with Crippen molar-refractivity contribution in [3.63, 3.8) is 0 Å². The van der Waals surface area contributed by atoms with Gasteiger partial charge in [0.25, 0.3) is 0 Å².